The van der Waals surface area contributed by atoms with Crippen molar-refractivity contribution in [3.8, 4) is 0 Å². The zero-order valence-electron chi connectivity index (χ0n) is 7.44. The number of carbonyl (C=O) groups is 1. The highest BCUT2D eigenvalue weighted by molar-refractivity contribution is 5.98. The molecule has 1 aromatic carbocycles. The molecule has 0 unspecified atom stereocenters. The van der Waals surface area contributed by atoms with Crippen molar-refractivity contribution in [2.45, 2.75) is 0 Å². The Kier molecular flexibility index (Phi) is 3.61. The van der Waals surface area contributed by atoms with Gasteiger partial charge in [-0.05, 0) is 0 Å². The molecule has 1 aromatic rings. The number of carbonyl (C=O) groups excluding carboxylic acids is 1. The van der Waals surface area contributed by atoms with Crippen LogP contribution in [0.15, 0.2) is 30.3 Å². The fraction of sp³-hybridized carbons (Fsp3) is 0.300. The van der Waals surface area contributed by atoms with Crippen LogP contribution in [0, 0.1) is 5.92 Å². The number of benzene rings is 1. The van der Waals surface area contributed by atoms with Crippen LogP contribution < -0.4 is 11.5 Å². The monoisotopic (exact) mass is 178 g/mol. The average molecular weight is 178 g/mol. The molecule has 0 saturated carbocycles. The number of hydrogen-bond donors (Lipinski definition) is 2. The van der Waals surface area contributed by atoms with Crippen molar-refractivity contribution in [3.63, 3.8) is 0 Å². The number of Topliss-reactive ketones (excluding diaryl/α,β-unsaturated/α-hetero) is 1. The van der Waals surface area contributed by atoms with Gasteiger partial charge < -0.3 is 11.5 Å². The van der Waals surface area contributed by atoms with Gasteiger partial charge in [-0.2, -0.15) is 0 Å². The summed E-state index contributed by atoms with van der Waals surface area (Å²) in [5.41, 5.74) is 11.5. The second-order valence-electron chi connectivity index (χ2n) is 2.90. The summed E-state index contributed by atoms with van der Waals surface area (Å²) in [5, 5.41) is 0. The second-order valence-corrected chi connectivity index (χ2v) is 2.90. The van der Waals surface area contributed by atoms with E-state index in [0.717, 1.165) is 0 Å². The van der Waals surface area contributed by atoms with E-state index in [4.69, 9.17) is 11.5 Å². The van der Waals surface area contributed by atoms with Crippen molar-refractivity contribution >= 4 is 5.78 Å². The lowest BCUT2D eigenvalue weighted by Crippen LogP contribution is -2.30. The first-order valence-electron chi connectivity index (χ1n) is 4.29. The molecular weight excluding hydrogens is 164 g/mol. The Hall–Kier alpha value is -1.19. The molecule has 13 heavy (non-hydrogen) atoms. The molecule has 0 aromatic heterocycles. The molecule has 3 nitrogen and oxygen atoms in total. The summed E-state index contributed by atoms with van der Waals surface area (Å²) in [6.45, 7) is 0.619. The Morgan fingerprint density at radius 2 is 1.69 bits per heavy atom. The van der Waals surface area contributed by atoms with E-state index in [9.17, 15) is 4.79 Å². The third-order valence-corrected chi connectivity index (χ3v) is 2.00. The summed E-state index contributed by atoms with van der Waals surface area (Å²) >= 11 is 0. The highest BCUT2D eigenvalue weighted by Crippen LogP contribution is 2.06. The van der Waals surface area contributed by atoms with Gasteiger partial charge in [0.05, 0.1) is 0 Å². The van der Waals surface area contributed by atoms with Crippen molar-refractivity contribution in [2.24, 2.45) is 17.4 Å². The molecule has 0 saturated heterocycles. The predicted octanol–water partition coefficient (Wildman–Crippen LogP) is 0.403. The average Bonchev–Trinajstić information content (AvgIpc) is 2.21. The molecule has 4 N–H and O–H groups in total. The van der Waals surface area contributed by atoms with Crippen LogP contribution in [0.4, 0.5) is 0 Å². The Balaban J connectivity index is 2.78. The largest absolute Gasteiger partial charge is 0.330 e. The smallest absolute Gasteiger partial charge is 0.168 e. The van der Waals surface area contributed by atoms with Crippen molar-refractivity contribution < 1.29 is 4.79 Å². The molecule has 0 bridgehead atoms. The summed E-state index contributed by atoms with van der Waals surface area (Å²) in [5.74, 6) is -0.215. The van der Waals surface area contributed by atoms with E-state index in [1.165, 1.54) is 0 Å². The van der Waals surface area contributed by atoms with Gasteiger partial charge >= 0.3 is 0 Å². The maximum absolute atomic E-state index is 11.6. The van der Waals surface area contributed by atoms with Crippen LogP contribution in [-0.2, 0) is 0 Å². The van der Waals surface area contributed by atoms with E-state index < -0.39 is 0 Å². The lowest BCUT2D eigenvalue weighted by Gasteiger charge is -2.09. The molecule has 0 heterocycles. The first-order chi connectivity index (χ1) is 6.29. The number of nitrogens with two attached hydrogens (primary N) is 2. The summed E-state index contributed by atoms with van der Waals surface area (Å²) < 4.78 is 0. The molecule has 0 spiro atoms. The molecule has 3 heteroatoms. The Bertz CT molecular complexity index is 268. The molecule has 0 aliphatic carbocycles. The van der Waals surface area contributed by atoms with E-state index in [-0.39, 0.29) is 11.7 Å². The Morgan fingerprint density at radius 3 is 2.15 bits per heavy atom. The minimum Gasteiger partial charge on any atom is -0.330 e. The zero-order chi connectivity index (χ0) is 9.68. The minimum atomic E-state index is -0.248. The third-order valence-electron chi connectivity index (χ3n) is 2.00. The standard InChI is InChI=1S/C10H14N2O/c11-6-9(7-12)10(13)8-4-2-1-3-5-8/h1-5,9H,6-7,11-12H2. The fourth-order valence-corrected chi connectivity index (χ4v) is 1.15. The maximum Gasteiger partial charge on any atom is 0.168 e. The normalized spacial score (nSPS) is 10.4. The van der Waals surface area contributed by atoms with Gasteiger partial charge in [0.1, 0.15) is 0 Å². The van der Waals surface area contributed by atoms with Crippen molar-refractivity contribution in [1.82, 2.24) is 0 Å². The highest BCUT2D eigenvalue weighted by Gasteiger charge is 2.15. The number of rotatable bonds is 4. The van der Waals surface area contributed by atoms with Crippen LogP contribution in [0.1, 0.15) is 10.4 Å². The summed E-state index contributed by atoms with van der Waals surface area (Å²) in [7, 11) is 0. The van der Waals surface area contributed by atoms with Crippen LogP contribution in [-0.4, -0.2) is 18.9 Å². The minimum absolute atomic E-state index is 0.0330. The first kappa shape index (κ1) is 9.89. The molecule has 0 aliphatic rings. The van der Waals surface area contributed by atoms with Crippen LogP contribution in [0.3, 0.4) is 0 Å². The number of hydrogen-bond acceptors (Lipinski definition) is 3. The number of ketones is 1. The molecule has 0 aliphatic heterocycles. The van der Waals surface area contributed by atoms with Crippen molar-refractivity contribution in [1.29, 1.82) is 0 Å². The van der Waals surface area contributed by atoms with Crippen LogP contribution in [0.5, 0.6) is 0 Å². The van der Waals surface area contributed by atoms with E-state index >= 15 is 0 Å². The van der Waals surface area contributed by atoms with E-state index in [1.54, 1.807) is 12.1 Å². The van der Waals surface area contributed by atoms with E-state index in [2.05, 4.69) is 0 Å². The molecule has 1 rings (SSSR count). The van der Waals surface area contributed by atoms with Gasteiger partial charge in [-0.1, -0.05) is 30.3 Å². The van der Waals surface area contributed by atoms with Gasteiger partial charge in [-0.3, -0.25) is 4.79 Å². The Labute approximate surface area is 77.7 Å². The van der Waals surface area contributed by atoms with Gasteiger partial charge in [0, 0.05) is 24.6 Å². The fourth-order valence-electron chi connectivity index (χ4n) is 1.15. The topological polar surface area (TPSA) is 69.1 Å². The third kappa shape index (κ3) is 2.37. The highest BCUT2D eigenvalue weighted by atomic mass is 16.1. The van der Waals surface area contributed by atoms with Crippen LogP contribution in [0.2, 0.25) is 0 Å². The lowest BCUT2D eigenvalue weighted by molar-refractivity contribution is 0.0929. The van der Waals surface area contributed by atoms with Gasteiger partial charge in [0.2, 0.25) is 0 Å². The van der Waals surface area contributed by atoms with Gasteiger partial charge in [0.25, 0.3) is 0 Å². The van der Waals surface area contributed by atoms with Gasteiger partial charge in [-0.25, -0.2) is 0 Å². The molecular formula is C10H14N2O. The molecule has 0 atom stereocenters. The van der Waals surface area contributed by atoms with Gasteiger partial charge in [-0.15, -0.1) is 0 Å². The van der Waals surface area contributed by atoms with Crippen LogP contribution in [0.25, 0.3) is 0 Å². The van der Waals surface area contributed by atoms with Gasteiger partial charge in [0.15, 0.2) is 5.78 Å². The summed E-state index contributed by atoms with van der Waals surface area (Å²) in [4.78, 5) is 11.6. The summed E-state index contributed by atoms with van der Waals surface area (Å²) in [6, 6.07) is 9.09. The van der Waals surface area contributed by atoms with E-state index in [1.807, 2.05) is 18.2 Å². The molecule has 0 fully saturated rings. The quantitative estimate of drug-likeness (QED) is 0.656. The molecule has 70 valence electrons. The van der Waals surface area contributed by atoms with Crippen molar-refractivity contribution in [2.75, 3.05) is 13.1 Å². The zero-order valence-corrected chi connectivity index (χ0v) is 7.44. The summed E-state index contributed by atoms with van der Waals surface area (Å²) in [6.07, 6.45) is 0. The second kappa shape index (κ2) is 4.74. The predicted molar refractivity (Wildman–Crippen MR) is 52.4 cm³/mol. The van der Waals surface area contributed by atoms with E-state index in [0.29, 0.717) is 18.7 Å². The molecule has 0 amide bonds. The maximum atomic E-state index is 11.6. The lowest BCUT2D eigenvalue weighted by atomic mass is 9.98. The van der Waals surface area contributed by atoms with Crippen molar-refractivity contribution in [3.05, 3.63) is 35.9 Å². The first-order valence-corrected chi connectivity index (χ1v) is 4.29. The SMILES string of the molecule is NCC(CN)C(=O)c1ccccc1. The Morgan fingerprint density at radius 1 is 1.15 bits per heavy atom. The molecule has 0 radical (unpaired) electrons. The van der Waals surface area contributed by atoms with Crippen LogP contribution >= 0.6 is 0 Å².